The van der Waals surface area contributed by atoms with E-state index in [1.807, 2.05) is 13.8 Å². The summed E-state index contributed by atoms with van der Waals surface area (Å²) in [5.41, 5.74) is 4.76. The number of hydrogen-bond donors (Lipinski definition) is 1. The first-order chi connectivity index (χ1) is 4.70. The summed E-state index contributed by atoms with van der Waals surface area (Å²) in [7, 11) is 0. The van der Waals surface area contributed by atoms with Crippen molar-refractivity contribution in [2.24, 2.45) is 5.73 Å². The highest BCUT2D eigenvalue weighted by Crippen LogP contribution is 1.98. The van der Waals surface area contributed by atoms with Crippen LogP contribution in [0.3, 0.4) is 0 Å². The average Bonchev–Trinajstić information content (AvgIpc) is 1.86. The molecule has 0 radical (unpaired) electrons. The highest BCUT2D eigenvalue weighted by molar-refractivity contribution is 5.64. The van der Waals surface area contributed by atoms with Gasteiger partial charge in [-0.25, -0.2) is 4.79 Å². The zero-order valence-electron chi connectivity index (χ0n) is 6.29. The predicted octanol–water partition coefficient (Wildman–Crippen LogP) is 0.854. The predicted molar refractivity (Wildman–Crippen MR) is 36.4 cm³/mol. The van der Waals surface area contributed by atoms with Crippen LogP contribution in [-0.2, 0) is 9.47 Å². The zero-order valence-corrected chi connectivity index (χ0v) is 6.29. The molecule has 0 spiro atoms. The Morgan fingerprint density at radius 1 is 1.60 bits per heavy atom. The van der Waals surface area contributed by atoms with E-state index in [1.54, 1.807) is 0 Å². The molecule has 0 aliphatic carbocycles. The van der Waals surface area contributed by atoms with E-state index in [1.165, 1.54) is 0 Å². The van der Waals surface area contributed by atoms with Crippen molar-refractivity contribution in [2.45, 2.75) is 26.6 Å². The summed E-state index contributed by atoms with van der Waals surface area (Å²) in [6.07, 6.45) is -0.653. The van der Waals surface area contributed by atoms with Crippen LogP contribution in [0.4, 0.5) is 4.79 Å². The second kappa shape index (κ2) is 5.05. The maximum Gasteiger partial charge on any atom is 0.406 e. The van der Waals surface area contributed by atoms with Crippen LogP contribution in [-0.4, -0.2) is 19.0 Å². The van der Waals surface area contributed by atoms with Crippen LogP contribution in [0.5, 0.6) is 0 Å². The largest absolute Gasteiger partial charge is 0.420 e. The lowest BCUT2D eigenvalue weighted by Crippen LogP contribution is -2.24. The molecule has 0 fully saturated rings. The van der Waals surface area contributed by atoms with Crippen molar-refractivity contribution in [3.63, 3.8) is 0 Å². The van der Waals surface area contributed by atoms with E-state index >= 15 is 0 Å². The molecule has 0 saturated heterocycles. The number of carbonyl (C=O) groups excluding carboxylic acids is 1. The first-order valence-electron chi connectivity index (χ1n) is 3.28. The van der Waals surface area contributed by atoms with Gasteiger partial charge in [-0.2, -0.15) is 0 Å². The maximum atomic E-state index is 10.2. The Morgan fingerprint density at radius 3 is 2.50 bits per heavy atom. The zero-order chi connectivity index (χ0) is 7.98. The fraction of sp³-hybridized carbons (Fsp3) is 0.833. The molecule has 1 unspecified atom stereocenters. The smallest absolute Gasteiger partial charge is 0.406 e. The van der Waals surface area contributed by atoms with E-state index < -0.39 is 12.4 Å². The third kappa shape index (κ3) is 4.14. The van der Waals surface area contributed by atoms with Gasteiger partial charge in [0.05, 0.1) is 0 Å². The summed E-state index contributed by atoms with van der Waals surface area (Å²) in [4.78, 5) is 10.2. The second-order valence-corrected chi connectivity index (χ2v) is 1.73. The van der Waals surface area contributed by atoms with Gasteiger partial charge in [-0.05, 0) is 6.92 Å². The molecular weight excluding hydrogens is 134 g/mol. The van der Waals surface area contributed by atoms with Crippen LogP contribution in [0.25, 0.3) is 0 Å². The van der Waals surface area contributed by atoms with Crippen molar-refractivity contribution in [2.75, 3.05) is 6.61 Å². The third-order valence-corrected chi connectivity index (χ3v) is 0.933. The van der Waals surface area contributed by atoms with E-state index in [2.05, 4.69) is 4.74 Å². The van der Waals surface area contributed by atoms with E-state index in [9.17, 15) is 4.79 Å². The van der Waals surface area contributed by atoms with Crippen molar-refractivity contribution < 1.29 is 14.3 Å². The molecule has 2 N–H and O–H groups in total. The molecule has 0 saturated carbocycles. The molecule has 4 heteroatoms. The first-order valence-corrected chi connectivity index (χ1v) is 3.28. The molecule has 0 aliphatic rings. The van der Waals surface area contributed by atoms with Crippen molar-refractivity contribution in [1.82, 2.24) is 0 Å². The Hall–Kier alpha value is -0.770. The fourth-order valence-electron chi connectivity index (χ4n) is 0.551. The average molecular weight is 147 g/mol. The summed E-state index contributed by atoms with van der Waals surface area (Å²) in [6, 6.07) is 0. The maximum absolute atomic E-state index is 10.2. The number of primary amides is 1. The van der Waals surface area contributed by atoms with Gasteiger partial charge in [-0.1, -0.05) is 6.92 Å². The first kappa shape index (κ1) is 9.23. The van der Waals surface area contributed by atoms with Crippen LogP contribution in [0.15, 0.2) is 0 Å². The van der Waals surface area contributed by atoms with Crippen LogP contribution in [0.1, 0.15) is 20.3 Å². The molecule has 4 nitrogen and oxygen atoms in total. The summed E-state index contributed by atoms with van der Waals surface area (Å²) >= 11 is 0. The molecule has 0 aromatic rings. The Morgan fingerprint density at radius 2 is 2.20 bits per heavy atom. The normalized spacial score (nSPS) is 12.6. The monoisotopic (exact) mass is 147 g/mol. The van der Waals surface area contributed by atoms with Gasteiger partial charge in [-0.15, -0.1) is 0 Å². The van der Waals surface area contributed by atoms with Crippen molar-refractivity contribution in [1.29, 1.82) is 0 Å². The summed E-state index contributed by atoms with van der Waals surface area (Å²) in [5, 5.41) is 0. The summed E-state index contributed by atoms with van der Waals surface area (Å²) in [6.45, 7) is 4.20. The third-order valence-electron chi connectivity index (χ3n) is 0.933. The Bertz CT molecular complexity index is 105. The number of carbonyl (C=O) groups is 1. The molecule has 1 atom stereocenters. The van der Waals surface area contributed by atoms with Crippen LogP contribution in [0.2, 0.25) is 0 Å². The van der Waals surface area contributed by atoms with Crippen LogP contribution in [0, 0.1) is 0 Å². The lowest BCUT2D eigenvalue weighted by atomic mass is 10.5. The Balaban J connectivity index is 3.49. The number of rotatable bonds is 4. The van der Waals surface area contributed by atoms with Gasteiger partial charge >= 0.3 is 6.09 Å². The van der Waals surface area contributed by atoms with Gasteiger partial charge in [0.25, 0.3) is 0 Å². The van der Waals surface area contributed by atoms with Crippen molar-refractivity contribution >= 4 is 6.09 Å². The molecular formula is C6H13NO3. The van der Waals surface area contributed by atoms with Crippen LogP contribution >= 0.6 is 0 Å². The molecule has 60 valence electrons. The Kier molecular flexibility index (Phi) is 4.66. The van der Waals surface area contributed by atoms with Gasteiger partial charge in [0.15, 0.2) is 0 Å². The molecule has 0 aromatic heterocycles. The van der Waals surface area contributed by atoms with Crippen molar-refractivity contribution in [3.05, 3.63) is 0 Å². The molecule has 0 rings (SSSR count). The summed E-state index contributed by atoms with van der Waals surface area (Å²) < 4.78 is 9.54. The Labute approximate surface area is 60.3 Å². The van der Waals surface area contributed by atoms with E-state index in [0.29, 0.717) is 13.0 Å². The summed E-state index contributed by atoms with van der Waals surface area (Å²) in [5.74, 6) is 0. The SMILES string of the molecule is CCOC(CC)OC(N)=O. The quantitative estimate of drug-likeness (QED) is 0.600. The molecule has 0 bridgehead atoms. The number of ether oxygens (including phenoxy) is 2. The second-order valence-electron chi connectivity index (χ2n) is 1.73. The van der Waals surface area contributed by atoms with Gasteiger partial charge < -0.3 is 15.2 Å². The number of hydrogen-bond acceptors (Lipinski definition) is 3. The van der Waals surface area contributed by atoms with Gasteiger partial charge in [-0.3, -0.25) is 0 Å². The molecule has 1 amide bonds. The minimum Gasteiger partial charge on any atom is -0.420 e. The van der Waals surface area contributed by atoms with Gasteiger partial charge in [0.1, 0.15) is 0 Å². The van der Waals surface area contributed by atoms with Gasteiger partial charge in [0.2, 0.25) is 6.29 Å². The van der Waals surface area contributed by atoms with Gasteiger partial charge in [0, 0.05) is 13.0 Å². The number of amides is 1. The van der Waals surface area contributed by atoms with E-state index in [4.69, 9.17) is 10.5 Å². The topological polar surface area (TPSA) is 61.6 Å². The lowest BCUT2D eigenvalue weighted by molar-refractivity contribution is -0.0983. The molecule has 0 aromatic carbocycles. The highest BCUT2D eigenvalue weighted by atomic mass is 16.7. The van der Waals surface area contributed by atoms with E-state index in [-0.39, 0.29) is 0 Å². The highest BCUT2D eigenvalue weighted by Gasteiger charge is 2.07. The fourth-order valence-corrected chi connectivity index (χ4v) is 0.551. The minimum absolute atomic E-state index is 0.484. The standard InChI is InChI=1S/C6H13NO3/c1-3-5(9-4-2)10-6(7)8/h5H,3-4H2,1-2H3,(H2,7,8). The van der Waals surface area contributed by atoms with Crippen molar-refractivity contribution in [3.8, 4) is 0 Å². The molecule has 0 aliphatic heterocycles. The lowest BCUT2D eigenvalue weighted by Gasteiger charge is -2.13. The minimum atomic E-state index is -0.791. The molecule has 10 heavy (non-hydrogen) atoms. The molecule has 0 heterocycles. The van der Waals surface area contributed by atoms with E-state index in [0.717, 1.165) is 0 Å². The number of nitrogens with two attached hydrogens (primary N) is 1. The van der Waals surface area contributed by atoms with Crippen LogP contribution < -0.4 is 5.73 Å².